The first kappa shape index (κ1) is 21.9. The van der Waals surface area contributed by atoms with Crippen molar-refractivity contribution in [3.63, 3.8) is 0 Å². The third-order valence-electron chi connectivity index (χ3n) is 6.03. The second-order valence-corrected chi connectivity index (χ2v) is 8.60. The van der Waals surface area contributed by atoms with Gasteiger partial charge in [0, 0.05) is 36.8 Å². The summed E-state index contributed by atoms with van der Waals surface area (Å²) in [4.78, 5) is 27.9. The number of hydrogen-bond donors (Lipinski definition) is 1. The molecule has 0 spiro atoms. The standard InChI is InChI=1S/C26H22ClN5O2/c27-24-11-10-21(32-16-29-30-17-32)12-23(24)25(33)28-13-20(18-6-2-1-3-7-18)15-31-14-19-8-4-5-9-22(19)26(31)34/h1-12,16-17,20H,13-15H2,(H,28,33)/t20-/m0/s1. The molecule has 0 radical (unpaired) electrons. The molecule has 1 N–H and O–H groups in total. The fraction of sp³-hybridized carbons (Fsp3) is 0.154. The molecule has 34 heavy (non-hydrogen) atoms. The summed E-state index contributed by atoms with van der Waals surface area (Å²) in [5, 5.41) is 11.0. The van der Waals surface area contributed by atoms with Crippen molar-refractivity contribution in [1.29, 1.82) is 0 Å². The minimum atomic E-state index is -0.281. The molecule has 0 fully saturated rings. The highest BCUT2D eigenvalue weighted by Crippen LogP contribution is 2.26. The fourth-order valence-electron chi connectivity index (χ4n) is 4.23. The number of nitrogens with one attached hydrogen (secondary N) is 1. The van der Waals surface area contributed by atoms with E-state index in [9.17, 15) is 9.59 Å². The van der Waals surface area contributed by atoms with Gasteiger partial charge in [-0.15, -0.1) is 10.2 Å². The Morgan fingerprint density at radius 2 is 1.74 bits per heavy atom. The molecular formula is C26H22ClN5O2. The van der Waals surface area contributed by atoms with Gasteiger partial charge in [-0.3, -0.25) is 14.2 Å². The lowest BCUT2D eigenvalue weighted by molar-refractivity contribution is 0.0767. The molecule has 1 aliphatic rings. The zero-order valence-electron chi connectivity index (χ0n) is 18.3. The van der Waals surface area contributed by atoms with Gasteiger partial charge in [-0.2, -0.15) is 0 Å². The first-order valence-corrected chi connectivity index (χ1v) is 11.3. The van der Waals surface area contributed by atoms with Crippen molar-refractivity contribution in [3.8, 4) is 5.69 Å². The molecule has 7 nitrogen and oxygen atoms in total. The number of benzene rings is 3. The van der Waals surface area contributed by atoms with Crippen molar-refractivity contribution >= 4 is 23.4 Å². The van der Waals surface area contributed by atoms with E-state index in [1.807, 2.05) is 59.5 Å². The number of rotatable bonds is 7. The SMILES string of the molecule is O=C(NC[C@@H](CN1Cc2ccccc2C1=O)c1ccccc1)c1cc(-n2cnnc2)ccc1Cl. The number of hydrogen-bond acceptors (Lipinski definition) is 4. The Balaban J connectivity index is 1.33. The van der Waals surface area contributed by atoms with Crippen LogP contribution in [0.5, 0.6) is 0 Å². The van der Waals surface area contributed by atoms with E-state index in [2.05, 4.69) is 15.5 Å². The quantitative estimate of drug-likeness (QED) is 0.440. The average molecular weight is 472 g/mol. The van der Waals surface area contributed by atoms with Crippen LogP contribution in [0.3, 0.4) is 0 Å². The minimum Gasteiger partial charge on any atom is -0.351 e. The summed E-state index contributed by atoms with van der Waals surface area (Å²) < 4.78 is 1.70. The van der Waals surface area contributed by atoms with Gasteiger partial charge in [0.25, 0.3) is 11.8 Å². The Hall–Kier alpha value is -3.97. The number of nitrogens with zero attached hydrogens (tertiary/aromatic N) is 4. The molecule has 0 saturated carbocycles. The van der Waals surface area contributed by atoms with Crippen LogP contribution in [0.25, 0.3) is 5.69 Å². The van der Waals surface area contributed by atoms with Gasteiger partial charge in [-0.05, 0) is 35.4 Å². The van der Waals surface area contributed by atoms with Crippen molar-refractivity contribution < 1.29 is 9.59 Å². The lowest BCUT2D eigenvalue weighted by Crippen LogP contribution is -2.36. The van der Waals surface area contributed by atoms with E-state index in [4.69, 9.17) is 11.6 Å². The van der Waals surface area contributed by atoms with Gasteiger partial charge >= 0.3 is 0 Å². The van der Waals surface area contributed by atoms with Gasteiger partial charge in [0.1, 0.15) is 12.7 Å². The van der Waals surface area contributed by atoms with Crippen molar-refractivity contribution in [2.75, 3.05) is 13.1 Å². The third kappa shape index (κ3) is 4.43. The van der Waals surface area contributed by atoms with Crippen molar-refractivity contribution in [1.82, 2.24) is 25.0 Å². The van der Waals surface area contributed by atoms with E-state index in [1.165, 1.54) is 0 Å². The maximum absolute atomic E-state index is 13.1. The molecular weight excluding hydrogens is 450 g/mol. The minimum absolute atomic E-state index is 0.0209. The molecule has 3 aromatic carbocycles. The van der Waals surface area contributed by atoms with E-state index in [1.54, 1.807) is 35.4 Å². The van der Waals surface area contributed by atoms with Crippen LogP contribution in [0.4, 0.5) is 0 Å². The molecule has 170 valence electrons. The molecule has 5 rings (SSSR count). The number of carbonyl (C=O) groups is 2. The van der Waals surface area contributed by atoms with Gasteiger partial charge in [0.05, 0.1) is 10.6 Å². The van der Waals surface area contributed by atoms with E-state index < -0.39 is 0 Å². The molecule has 1 aliphatic heterocycles. The van der Waals surface area contributed by atoms with Gasteiger partial charge in [-0.25, -0.2) is 0 Å². The predicted octanol–water partition coefficient (Wildman–Crippen LogP) is 4.09. The zero-order chi connectivity index (χ0) is 23.5. The highest BCUT2D eigenvalue weighted by Gasteiger charge is 2.29. The fourth-order valence-corrected chi connectivity index (χ4v) is 4.44. The first-order chi connectivity index (χ1) is 16.6. The van der Waals surface area contributed by atoms with E-state index in [0.717, 1.165) is 22.4 Å². The second kappa shape index (κ2) is 9.49. The maximum atomic E-state index is 13.1. The normalized spacial score (nSPS) is 13.6. The molecule has 2 amide bonds. The molecule has 4 aromatic rings. The summed E-state index contributed by atoms with van der Waals surface area (Å²) in [5.41, 5.74) is 3.93. The van der Waals surface area contributed by atoms with Gasteiger partial charge in [0.15, 0.2) is 0 Å². The van der Waals surface area contributed by atoms with Crippen LogP contribution < -0.4 is 5.32 Å². The lowest BCUT2D eigenvalue weighted by Gasteiger charge is -2.25. The van der Waals surface area contributed by atoms with E-state index in [-0.39, 0.29) is 17.7 Å². The molecule has 0 saturated heterocycles. The average Bonchev–Trinajstić information content (AvgIpc) is 3.51. The molecule has 0 unspecified atom stereocenters. The number of aromatic nitrogens is 3. The number of carbonyl (C=O) groups excluding carboxylic acids is 2. The van der Waals surface area contributed by atoms with Crippen LogP contribution in [0.2, 0.25) is 5.02 Å². The van der Waals surface area contributed by atoms with Crippen molar-refractivity contribution in [2.45, 2.75) is 12.5 Å². The highest BCUT2D eigenvalue weighted by atomic mass is 35.5. The Kier molecular flexibility index (Phi) is 6.10. The van der Waals surface area contributed by atoms with Gasteiger partial charge < -0.3 is 10.2 Å². The number of fused-ring (bicyclic) bond motifs is 1. The Morgan fingerprint density at radius 3 is 2.50 bits per heavy atom. The topological polar surface area (TPSA) is 80.1 Å². The zero-order valence-corrected chi connectivity index (χ0v) is 19.0. The maximum Gasteiger partial charge on any atom is 0.254 e. The smallest absolute Gasteiger partial charge is 0.254 e. The Morgan fingerprint density at radius 1 is 1.00 bits per heavy atom. The molecule has 8 heteroatoms. The van der Waals surface area contributed by atoms with Crippen molar-refractivity contribution in [2.24, 2.45) is 0 Å². The van der Waals surface area contributed by atoms with Crippen molar-refractivity contribution in [3.05, 3.63) is 113 Å². The van der Waals surface area contributed by atoms with Crippen LogP contribution in [0.1, 0.15) is 37.8 Å². The van der Waals surface area contributed by atoms with Crippen LogP contribution >= 0.6 is 11.6 Å². The summed E-state index contributed by atoms with van der Waals surface area (Å²) in [6.07, 6.45) is 3.11. The van der Waals surface area contributed by atoms with Gasteiger partial charge in [0.2, 0.25) is 0 Å². The number of amides is 2. The van der Waals surface area contributed by atoms with Crippen LogP contribution in [0, 0.1) is 0 Å². The highest BCUT2D eigenvalue weighted by molar-refractivity contribution is 6.33. The summed E-state index contributed by atoms with van der Waals surface area (Å²) in [6, 6.07) is 22.8. The van der Waals surface area contributed by atoms with Crippen LogP contribution in [-0.4, -0.2) is 44.6 Å². The van der Waals surface area contributed by atoms with Gasteiger partial charge in [-0.1, -0.05) is 60.1 Å². The number of halogens is 1. The Labute approximate surface area is 202 Å². The molecule has 2 heterocycles. The second-order valence-electron chi connectivity index (χ2n) is 8.19. The lowest BCUT2D eigenvalue weighted by atomic mass is 9.98. The molecule has 0 bridgehead atoms. The molecule has 0 aliphatic carbocycles. The van der Waals surface area contributed by atoms with Crippen LogP contribution in [0.15, 0.2) is 85.5 Å². The third-order valence-corrected chi connectivity index (χ3v) is 6.36. The Bertz CT molecular complexity index is 1320. The first-order valence-electron chi connectivity index (χ1n) is 10.9. The summed E-state index contributed by atoms with van der Waals surface area (Å²) >= 11 is 6.34. The van der Waals surface area contributed by atoms with E-state index >= 15 is 0 Å². The summed E-state index contributed by atoms with van der Waals surface area (Å²) in [5.74, 6) is -0.340. The summed E-state index contributed by atoms with van der Waals surface area (Å²) in [6.45, 7) is 1.42. The largest absolute Gasteiger partial charge is 0.351 e. The molecule has 1 aromatic heterocycles. The van der Waals surface area contributed by atoms with E-state index in [0.29, 0.717) is 30.2 Å². The van der Waals surface area contributed by atoms with Crippen LogP contribution in [-0.2, 0) is 6.54 Å². The summed E-state index contributed by atoms with van der Waals surface area (Å²) in [7, 11) is 0. The monoisotopic (exact) mass is 471 g/mol. The predicted molar refractivity (Wildman–Crippen MR) is 129 cm³/mol. The molecule has 1 atom stereocenters.